The molecule has 1 unspecified atom stereocenters. The van der Waals surface area contributed by atoms with Gasteiger partial charge in [-0.15, -0.1) is 0 Å². The van der Waals surface area contributed by atoms with Crippen LogP contribution in [0.3, 0.4) is 0 Å². The lowest BCUT2D eigenvalue weighted by Crippen LogP contribution is -2.21. The van der Waals surface area contributed by atoms with Crippen molar-refractivity contribution >= 4 is 0 Å². The summed E-state index contributed by atoms with van der Waals surface area (Å²) < 4.78 is 37.6. The van der Waals surface area contributed by atoms with E-state index in [4.69, 9.17) is 5.73 Å². The third-order valence-corrected chi connectivity index (χ3v) is 2.88. The molecule has 0 bridgehead atoms. The average Bonchev–Trinajstić information content (AvgIpc) is 2.24. The molecule has 0 radical (unpaired) electrons. The Morgan fingerprint density at radius 3 is 2.33 bits per heavy atom. The van der Waals surface area contributed by atoms with Gasteiger partial charge in [-0.1, -0.05) is 6.07 Å². The van der Waals surface area contributed by atoms with Crippen LogP contribution in [0, 0.1) is 6.92 Å². The SMILES string of the molecule is Cc1cc(C(F)(F)F)ccc1C(N)CCN(C)C. The molecule has 2 nitrogen and oxygen atoms in total. The maximum absolute atomic E-state index is 12.5. The first-order chi connectivity index (χ1) is 8.21. The van der Waals surface area contributed by atoms with E-state index in [9.17, 15) is 13.2 Å². The van der Waals surface area contributed by atoms with E-state index in [1.807, 2.05) is 19.0 Å². The molecule has 0 spiro atoms. The van der Waals surface area contributed by atoms with Crippen LogP contribution >= 0.6 is 0 Å². The first-order valence-electron chi connectivity index (χ1n) is 5.80. The topological polar surface area (TPSA) is 29.3 Å². The molecular formula is C13H19F3N2. The molecule has 5 heteroatoms. The number of alkyl halides is 3. The van der Waals surface area contributed by atoms with Gasteiger partial charge < -0.3 is 10.6 Å². The standard InChI is InChI=1S/C13H19F3N2/c1-9-8-10(13(14,15)16)4-5-11(9)12(17)6-7-18(2)3/h4-5,8,12H,6-7,17H2,1-3H3. The monoisotopic (exact) mass is 260 g/mol. The second kappa shape index (κ2) is 5.71. The van der Waals surface area contributed by atoms with E-state index in [0.29, 0.717) is 5.56 Å². The largest absolute Gasteiger partial charge is 0.416 e. The molecule has 0 saturated carbocycles. The highest BCUT2D eigenvalue weighted by Gasteiger charge is 2.30. The fraction of sp³-hybridized carbons (Fsp3) is 0.538. The van der Waals surface area contributed by atoms with Gasteiger partial charge in [0, 0.05) is 6.04 Å². The molecule has 0 aliphatic rings. The number of hydrogen-bond donors (Lipinski definition) is 1. The van der Waals surface area contributed by atoms with Gasteiger partial charge in [-0.05, 0) is 57.2 Å². The first-order valence-corrected chi connectivity index (χ1v) is 5.80. The molecule has 1 aromatic rings. The molecule has 1 atom stereocenters. The summed E-state index contributed by atoms with van der Waals surface area (Å²) in [4.78, 5) is 2.00. The maximum atomic E-state index is 12.5. The number of rotatable bonds is 4. The Morgan fingerprint density at radius 2 is 1.89 bits per heavy atom. The molecule has 0 heterocycles. The van der Waals surface area contributed by atoms with Gasteiger partial charge >= 0.3 is 6.18 Å². The van der Waals surface area contributed by atoms with Crippen molar-refractivity contribution < 1.29 is 13.2 Å². The van der Waals surface area contributed by atoms with E-state index in [-0.39, 0.29) is 6.04 Å². The van der Waals surface area contributed by atoms with Crippen molar-refractivity contribution in [1.29, 1.82) is 0 Å². The quantitative estimate of drug-likeness (QED) is 0.901. The van der Waals surface area contributed by atoms with Crippen LogP contribution < -0.4 is 5.73 Å². The molecule has 2 N–H and O–H groups in total. The zero-order chi connectivity index (χ0) is 13.9. The predicted octanol–water partition coefficient (Wildman–Crippen LogP) is 2.97. The Balaban J connectivity index is 2.85. The highest BCUT2D eigenvalue weighted by molar-refractivity contribution is 5.34. The third-order valence-electron chi connectivity index (χ3n) is 2.88. The lowest BCUT2D eigenvalue weighted by Gasteiger charge is -2.18. The molecule has 0 fully saturated rings. The van der Waals surface area contributed by atoms with E-state index < -0.39 is 11.7 Å². The van der Waals surface area contributed by atoms with Crippen LogP contribution in [0.15, 0.2) is 18.2 Å². The van der Waals surface area contributed by atoms with Gasteiger partial charge in [0.1, 0.15) is 0 Å². The van der Waals surface area contributed by atoms with Gasteiger partial charge in [-0.3, -0.25) is 0 Å². The van der Waals surface area contributed by atoms with E-state index in [1.165, 1.54) is 6.07 Å². The maximum Gasteiger partial charge on any atom is 0.416 e. The summed E-state index contributed by atoms with van der Waals surface area (Å²) in [6.45, 7) is 2.47. The Morgan fingerprint density at radius 1 is 1.28 bits per heavy atom. The second-order valence-corrected chi connectivity index (χ2v) is 4.77. The predicted molar refractivity (Wildman–Crippen MR) is 66.3 cm³/mol. The Kier molecular flexibility index (Phi) is 4.76. The summed E-state index contributed by atoms with van der Waals surface area (Å²) in [7, 11) is 3.87. The van der Waals surface area contributed by atoms with Crippen LogP contribution in [0.1, 0.15) is 29.2 Å². The molecule has 0 amide bonds. The number of nitrogens with two attached hydrogens (primary N) is 1. The molecule has 1 rings (SSSR count). The molecular weight excluding hydrogens is 241 g/mol. The number of benzene rings is 1. The Hall–Kier alpha value is -1.07. The van der Waals surface area contributed by atoms with E-state index in [1.54, 1.807) is 6.92 Å². The van der Waals surface area contributed by atoms with Gasteiger partial charge in [-0.25, -0.2) is 0 Å². The lowest BCUT2D eigenvalue weighted by atomic mass is 9.97. The molecule has 1 aromatic carbocycles. The number of nitrogens with zero attached hydrogens (tertiary/aromatic N) is 1. The minimum Gasteiger partial charge on any atom is -0.324 e. The summed E-state index contributed by atoms with van der Waals surface area (Å²) in [5.74, 6) is 0. The van der Waals surface area contributed by atoms with Gasteiger partial charge in [0.2, 0.25) is 0 Å². The molecule has 0 aliphatic carbocycles. The Labute approximate surface area is 106 Å². The van der Waals surface area contributed by atoms with Crippen molar-refractivity contribution in [3.8, 4) is 0 Å². The summed E-state index contributed by atoms with van der Waals surface area (Å²) in [6, 6.07) is 3.51. The number of hydrogen-bond acceptors (Lipinski definition) is 2. The lowest BCUT2D eigenvalue weighted by molar-refractivity contribution is -0.137. The van der Waals surface area contributed by atoms with Crippen molar-refractivity contribution in [2.45, 2.75) is 25.6 Å². The van der Waals surface area contributed by atoms with Crippen LogP contribution in [0.4, 0.5) is 13.2 Å². The van der Waals surface area contributed by atoms with Crippen LogP contribution in [-0.4, -0.2) is 25.5 Å². The third kappa shape index (κ3) is 3.99. The smallest absolute Gasteiger partial charge is 0.324 e. The van der Waals surface area contributed by atoms with Gasteiger partial charge in [0.25, 0.3) is 0 Å². The minimum atomic E-state index is -4.29. The summed E-state index contributed by atoms with van der Waals surface area (Å²) in [5.41, 5.74) is 6.75. The normalized spacial score (nSPS) is 14.0. The van der Waals surface area contributed by atoms with Crippen LogP contribution in [-0.2, 0) is 6.18 Å². The minimum absolute atomic E-state index is 0.227. The summed E-state index contributed by atoms with van der Waals surface area (Å²) in [5, 5.41) is 0. The highest BCUT2D eigenvalue weighted by atomic mass is 19.4. The van der Waals surface area contributed by atoms with Crippen molar-refractivity contribution in [2.75, 3.05) is 20.6 Å². The van der Waals surface area contributed by atoms with Crippen molar-refractivity contribution in [3.05, 3.63) is 34.9 Å². The van der Waals surface area contributed by atoms with E-state index in [0.717, 1.165) is 30.7 Å². The number of halogens is 3. The molecule has 102 valence electrons. The fourth-order valence-electron chi connectivity index (χ4n) is 1.82. The zero-order valence-electron chi connectivity index (χ0n) is 10.9. The van der Waals surface area contributed by atoms with E-state index in [2.05, 4.69) is 0 Å². The van der Waals surface area contributed by atoms with Crippen LogP contribution in [0.2, 0.25) is 0 Å². The highest BCUT2D eigenvalue weighted by Crippen LogP contribution is 2.31. The fourth-order valence-corrected chi connectivity index (χ4v) is 1.82. The van der Waals surface area contributed by atoms with Crippen molar-refractivity contribution in [1.82, 2.24) is 4.90 Å². The van der Waals surface area contributed by atoms with Crippen molar-refractivity contribution in [2.24, 2.45) is 5.73 Å². The molecule has 0 aromatic heterocycles. The van der Waals surface area contributed by atoms with Crippen LogP contribution in [0.25, 0.3) is 0 Å². The van der Waals surface area contributed by atoms with Crippen molar-refractivity contribution in [3.63, 3.8) is 0 Å². The zero-order valence-corrected chi connectivity index (χ0v) is 10.9. The van der Waals surface area contributed by atoms with Crippen LogP contribution in [0.5, 0.6) is 0 Å². The summed E-state index contributed by atoms with van der Waals surface area (Å²) in [6.07, 6.45) is -3.57. The molecule has 0 saturated heterocycles. The van der Waals surface area contributed by atoms with Gasteiger partial charge in [-0.2, -0.15) is 13.2 Å². The second-order valence-electron chi connectivity index (χ2n) is 4.77. The first kappa shape index (κ1) is 15.0. The van der Waals surface area contributed by atoms with Gasteiger partial charge in [0.15, 0.2) is 0 Å². The Bertz CT molecular complexity index is 400. The number of aryl methyl sites for hydroxylation is 1. The average molecular weight is 260 g/mol. The van der Waals surface area contributed by atoms with E-state index >= 15 is 0 Å². The summed E-state index contributed by atoms with van der Waals surface area (Å²) >= 11 is 0. The molecule has 18 heavy (non-hydrogen) atoms. The van der Waals surface area contributed by atoms with Gasteiger partial charge in [0.05, 0.1) is 5.56 Å². The molecule has 0 aliphatic heterocycles.